The number of ketones is 1. The number of carbonyl (C=O) groups excluding carboxylic acids is 3. The van der Waals surface area contributed by atoms with Crippen LogP contribution in [0.5, 0.6) is 0 Å². The highest BCUT2D eigenvalue weighted by Gasteiger charge is 2.24. The molecule has 22 heavy (non-hydrogen) atoms. The molecule has 2 atom stereocenters. The van der Waals surface area contributed by atoms with Gasteiger partial charge in [-0.15, -0.1) is 0 Å². The second-order valence-corrected chi connectivity index (χ2v) is 5.66. The SMILES string of the molecule is CC(=O)c1cccc(NC(=O)[C@@H](C)[NH+](C)CC(=O)N(C)C)c1. The highest BCUT2D eigenvalue weighted by atomic mass is 16.2. The summed E-state index contributed by atoms with van der Waals surface area (Å²) in [6, 6.07) is 6.42. The topological polar surface area (TPSA) is 70.9 Å². The first-order valence-corrected chi connectivity index (χ1v) is 7.16. The molecule has 0 spiro atoms. The maximum atomic E-state index is 12.2. The van der Waals surface area contributed by atoms with Crippen LogP contribution in [0, 0.1) is 0 Å². The molecule has 0 saturated carbocycles. The smallest absolute Gasteiger partial charge is 0.282 e. The number of rotatable bonds is 6. The van der Waals surface area contributed by atoms with Crippen molar-refractivity contribution in [3.8, 4) is 0 Å². The van der Waals surface area contributed by atoms with E-state index in [4.69, 9.17) is 0 Å². The molecule has 0 saturated heterocycles. The van der Waals surface area contributed by atoms with Crippen molar-refractivity contribution < 1.29 is 19.3 Å². The molecule has 0 aliphatic carbocycles. The first-order valence-electron chi connectivity index (χ1n) is 7.16. The van der Waals surface area contributed by atoms with E-state index in [2.05, 4.69) is 5.32 Å². The van der Waals surface area contributed by atoms with Gasteiger partial charge in [0.2, 0.25) is 0 Å². The summed E-state index contributed by atoms with van der Waals surface area (Å²) in [6.45, 7) is 3.49. The summed E-state index contributed by atoms with van der Waals surface area (Å²) in [5, 5.41) is 2.78. The van der Waals surface area contributed by atoms with Crippen LogP contribution in [-0.2, 0) is 9.59 Å². The van der Waals surface area contributed by atoms with Gasteiger partial charge in [-0.3, -0.25) is 14.4 Å². The largest absolute Gasteiger partial charge is 0.344 e. The first kappa shape index (κ1) is 17.8. The maximum Gasteiger partial charge on any atom is 0.282 e. The number of anilines is 1. The third-order valence-electron chi connectivity index (χ3n) is 3.60. The summed E-state index contributed by atoms with van der Waals surface area (Å²) in [7, 11) is 5.18. The maximum absolute atomic E-state index is 12.2. The summed E-state index contributed by atoms with van der Waals surface area (Å²) in [6.07, 6.45) is 0. The molecule has 2 amide bonds. The summed E-state index contributed by atoms with van der Waals surface area (Å²) in [4.78, 5) is 37.6. The molecule has 1 rings (SSSR count). The minimum atomic E-state index is -0.384. The van der Waals surface area contributed by atoms with Crippen LogP contribution in [0.15, 0.2) is 24.3 Å². The molecule has 0 radical (unpaired) electrons. The van der Waals surface area contributed by atoms with Gasteiger partial charge in [0.05, 0.1) is 7.05 Å². The number of nitrogens with one attached hydrogen (secondary N) is 2. The number of hydrogen-bond donors (Lipinski definition) is 2. The molecule has 1 aromatic carbocycles. The molecular formula is C16H24N3O3+. The van der Waals surface area contributed by atoms with Gasteiger partial charge in [-0.2, -0.15) is 0 Å². The van der Waals surface area contributed by atoms with E-state index >= 15 is 0 Å². The monoisotopic (exact) mass is 306 g/mol. The summed E-state index contributed by atoms with van der Waals surface area (Å²) >= 11 is 0. The van der Waals surface area contributed by atoms with Crippen molar-refractivity contribution in [2.45, 2.75) is 19.9 Å². The van der Waals surface area contributed by atoms with E-state index in [1.165, 1.54) is 11.8 Å². The summed E-state index contributed by atoms with van der Waals surface area (Å²) < 4.78 is 0. The van der Waals surface area contributed by atoms with Crippen LogP contribution < -0.4 is 10.2 Å². The van der Waals surface area contributed by atoms with Crippen molar-refractivity contribution in [1.29, 1.82) is 0 Å². The predicted octanol–water partition coefficient (Wildman–Crippen LogP) is -0.181. The molecule has 6 nitrogen and oxygen atoms in total. The summed E-state index contributed by atoms with van der Waals surface area (Å²) in [5.74, 6) is -0.274. The third kappa shape index (κ3) is 4.96. The van der Waals surface area contributed by atoms with E-state index in [0.29, 0.717) is 11.3 Å². The van der Waals surface area contributed by atoms with Gasteiger partial charge in [-0.05, 0) is 26.0 Å². The van der Waals surface area contributed by atoms with Crippen LogP contribution in [0.2, 0.25) is 0 Å². The number of likely N-dealkylation sites (N-methyl/N-ethyl adjacent to an activating group) is 2. The van der Waals surface area contributed by atoms with E-state index in [0.717, 1.165) is 4.90 Å². The normalized spacial score (nSPS) is 13.1. The molecule has 2 N–H and O–H groups in total. The molecule has 1 aromatic rings. The van der Waals surface area contributed by atoms with Gasteiger partial charge in [0.15, 0.2) is 18.4 Å². The number of nitrogens with zero attached hydrogens (tertiary/aromatic N) is 1. The lowest BCUT2D eigenvalue weighted by molar-refractivity contribution is -0.886. The number of carbonyl (C=O) groups is 3. The van der Waals surface area contributed by atoms with Crippen molar-refractivity contribution >= 4 is 23.3 Å². The van der Waals surface area contributed by atoms with E-state index in [1.807, 2.05) is 0 Å². The van der Waals surface area contributed by atoms with Gasteiger partial charge in [0.25, 0.3) is 11.8 Å². The lowest BCUT2D eigenvalue weighted by Gasteiger charge is -2.22. The second kappa shape index (κ2) is 7.70. The van der Waals surface area contributed by atoms with Crippen LogP contribution in [0.4, 0.5) is 5.69 Å². The Morgan fingerprint density at radius 3 is 2.45 bits per heavy atom. The number of quaternary nitrogens is 1. The highest BCUT2D eigenvalue weighted by molar-refractivity contribution is 5.98. The predicted molar refractivity (Wildman–Crippen MR) is 85.0 cm³/mol. The van der Waals surface area contributed by atoms with Gasteiger partial charge in [0.1, 0.15) is 0 Å². The molecule has 1 unspecified atom stereocenters. The summed E-state index contributed by atoms with van der Waals surface area (Å²) in [5.41, 5.74) is 1.13. The van der Waals surface area contributed by atoms with Crippen LogP contribution in [0.25, 0.3) is 0 Å². The average Bonchev–Trinajstić information content (AvgIpc) is 2.46. The van der Waals surface area contributed by atoms with E-state index in [-0.39, 0.29) is 30.2 Å². The number of amides is 2. The van der Waals surface area contributed by atoms with Gasteiger partial charge in [0, 0.05) is 25.3 Å². The van der Waals surface area contributed by atoms with E-state index in [1.54, 1.807) is 52.3 Å². The van der Waals surface area contributed by atoms with E-state index in [9.17, 15) is 14.4 Å². The van der Waals surface area contributed by atoms with Gasteiger partial charge < -0.3 is 15.1 Å². The van der Waals surface area contributed by atoms with Crippen LogP contribution >= 0.6 is 0 Å². The first-order chi connectivity index (χ1) is 10.2. The number of hydrogen-bond acceptors (Lipinski definition) is 3. The number of Topliss-reactive ketones (excluding diaryl/α,β-unsaturated/α-hetero) is 1. The molecule has 0 bridgehead atoms. The van der Waals surface area contributed by atoms with Gasteiger partial charge in [-0.25, -0.2) is 0 Å². The van der Waals surface area contributed by atoms with Crippen LogP contribution in [0.3, 0.4) is 0 Å². The van der Waals surface area contributed by atoms with Crippen molar-refractivity contribution in [1.82, 2.24) is 4.90 Å². The van der Waals surface area contributed by atoms with Gasteiger partial charge in [-0.1, -0.05) is 12.1 Å². The molecule has 0 aliphatic rings. The zero-order chi connectivity index (χ0) is 16.9. The molecule has 0 aromatic heterocycles. The second-order valence-electron chi connectivity index (χ2n) is 5.66. The van der Waals surface area contributed by atoms with Crippen molar-refractivity contribution in [3.05, 3.63) is 29.8 Å². The van der Waals surface area contributed by atoms with Crippen molar-refractivity contribution in [3.63, 3.8) is 0 Å². The molecule has 0 aliphatic heterocycles. The van der Waals surface area contributed by atoms with Crippen LogP contribution in [-0.4, -0.2) is 56.2 Å². The number of benzene rings is 1. The average molecular weight is 306 g/mol. The molecule has 0 heterocycles. The fourth-order valence-corrected chi connectivity index (χ4v) is 1.84. The standard InChI is InChI=1S/C16H23N3O3/c1-11(19(5)10-15(21)18(3)4)16(22)17-14-8-6-7-13(9-14)12(2)20/h6-9,11H,10H2,1-5H3,(H,17,22)/p+1/t11-/m1/s1. The molecule has 0 fully saturated rings. The Labute approximate surface area is 131 Å². The Balaban J connectivity index is 2.69. The Hall–Kier alpha value is -2.21. The van der Waals surface area contributed by atoms with Crippen molar-refractivity contribution in [2.75, 3.05) is 33.0 Å². The molecular weight excluding hydrogens is 282 g/mol. The Morgan fingerprint density at radius 1 is 1.27 bits per heavy atom. The zero-order valence-electron chi connectivity index (χ0n) is 13.8. The zero-order valence-corrected chi connectivity index (χ0v) is 13.8. The van der Waals surface area contributed by atoms with Gasteiger partial charge >= 0.3 is 0 Å². The fraction of sp³-hybridized carbons (Fsp3) is 0.438. The molecule has 120 valence electrons. The molecule has 6 heteroatoms. The third-order valence-corrected chi connectivity index (χ3v) is 3.60. The van der Waals surface area contributed by atoms with E-state index < -0.39 is 0 Å². The lowest BCUT2D eigenvalue weighted by Crippen LogP contribution is -3.15. The van der Waals surface area contributed by atoms with Crippen LogP contribution in [0.1, 0.15) is 24.2 Å². The van der Waals surface area contributed by atoms with Crippen molar-refractivity contribution in [2.24, 2.45) is 0 Å². The minimum Gasteiger partial charge on any atom is -0.344 e. The lowest BCUT2D eigenvalue weighted by atomic mass is 10.1. The fourth-order valence-electron chi connectivity index (χ4n) is 1.84. The Bertz CT molecular complexity index is 570. The Kier molecular flexibility index (Phi) is 6.24. The highest BCUT2D eigenvalue weighted by Crippen LogP contribution is 2.11. The minimum absolute atomic E-state index is 0.0317. The Morgan fingerprint density at radius 2 is 1.91 bits per heavy atom. The quantitative estimate of drug-likeness (QED) is 0.716.